The van der Waals surface area contributed by atoms with E-state index < -0.39 is 0 Å². The summed E-state index contributed by atoms with van der Waals surface area (Å²) >= 11 is 0. The zero-order chi connectivity index (χ0) is 23.9. The molecular formula is C27H47NO5. The van der Waals surface area contributed by atoms with Crippen molar-refractivity contribution in [2.24, 2.45) is 0 Å². The standard InChI is InChI=1S/C27H47NO5/c1-6-10-16-29-20-23-26(31-18-12-8-3)27(32-19-13-9-4)25(33-23)22-14-15-24(28-21(22)5)30-17-11-7-2/h14-15,23,25-27H,6-13,16-20H2,1-5H3/t23-,25+,26+,27?/m1/s1. The number of nitrogens with zero attached hydrogens (tertiary/aromatic N) is 1. The Morgan fingerprint density at radius 1 is 0.788 bits per heavy atom. The molecule has 0 saturated carbocycles. The van der Waals surface area contributed by atoms with Crippen LogP contribution < -0.4 is 4.74 Å². The maximum absolute atomic E-state index is 6.58. The van der Waals surface area contributed by atoms with E-state index in [1.807, 2.05) is 13.0 Å². The van der Waals surface area contributed by atoms with Gasteiger partial charge >= 0.3 is 0 Å². The van der Waals surface area contributed by atoms with Crippen LogP contribution in [0.15, 0.2) is 12.1 Å². The summed E-state index contributed by atoms with van der Waals surface area (Å²) in [5.74, 6) is 0.668. The molecule has 1 fully saturated rings. The van der Waals surface area contributed by atoms with Gasteiger partial charge in [0.15, 0.2) is 0 Å². The Balaban J connectivity index is 2.20. The molecule has 33 heavy (non-hydrogen) atoms. The first-order valence-corrected chi connectivity index (χ1v) is 13.2. The molecule has 6 heteroatoms. The normalized spacial score (nSPS) is 22.7. The molecule has 1 aliphatic rings. The molecule has 4 atom stereocenters. The highest BCUT2D eigenvalue weighted by atomic mass is 16.6. The second kappa shape index (κ2) is 16.4. The van der Waals surface area contributed by atoms with Gasteiger partial charge in [0.2, 0.25) is 5.88 Å². The van der Waals surface area contributed by atoms with Crippen LogP contribution in [0.1, 0.15) is 96.4 Å². The summed E-state index contributed by atoms with van der Waals surface area (Å²) in [5, 5.41) is 0. The molecule has 2 heterocycles. The first-order valence-electron chi connectivity index (χ1n) is 13.2. The zero-order valence-corrected chi connectivity index (χ0v) is 21.6. The minimum atomic E-state index is -0.231. The van der Waals surface area contributed by atoms with E-state index >= 15 is 0 Å². The van der Waals surface area contributed by atoms with Crippen LogP contribution in [0, 0.1) is 6.92 Å². The van der Waals surface area contributed by atoms with Gasteiger partial charge in [-0.3, -0.25) is 0 Å². The monoisotopic (exact) mass is 465 g/mol. The van der Waals surface area contributed by atoms with E-state index in [1.54, 1.807) is 0 Å². The molecule has 1 aromatic heterocycles. The molecule has 1 aliphatic heterocycles. The maximum Gasteiger partial charge on any atom is 0.213 e. The molecule has 0 aromatic carbocycles. The second-order valence-electron chi connectivity index (χ2n) is 8.93. The Kier molecular flexibility index (Phi) is 13.9. The van der Waals surface area contributed by atoms with Gasteiger partial charge in [-0.1, -0.05) is 53.4 Å². The Labute approximate surface area is 201 Å². The predicted molar refractivity (Wildman–Crippen MR) is 132 cm³/mol. The highest BCUT2D eigenvalue weighted by Gasteiger charge is 2.47. The molecule has 1 saturated heterocycles. The highest BCUT2D eigenvalue weighted by molar-refractivity contribution is 5.29. The lowest BCUT2D eigenvalue weighted by Gasteiger charge is -2.25. The highest BCUT2D eigenvalue weighted by Crippen LogP contribution is 2.39. The fraction of sp³-hybridized carbons (Fsp3) is 0.815. The van der Waals surface area contributed by atoms with E-state index in [2.05, 4.69) is 33.8 Å². The van der Waals surface area contributed by atoms with E-state index in [1.165, 1.54) is 0 Å². The molecule has 0 bridgehead atoms. The number of ether oxygens (including phenoxy) is 5. The van der Waals surface area contributed by atoms with E-state index in [4.69, 9.17) is 28.7 Å². The van der Waals surface area contributed by atoms with Crippen molar-refractivity contribution in [2.45, 2.75) is 110 Å². The lowest BCUT2D eigenvalue weighted by Crippen LogP contribution is -2.38. The van der Waals surface area contributed by atoms with Crippen molar-refractivity contribution in [3.63, 3.8) is 0 Å². The van der Waals surface area contributed by atoms with Crippen molar-refractivity contribution in [1.29, 1.82) is 0 Å². The molecule has 0 radical (unpaired) electrons. The quantitative estimate of drug-likeness (QED) is 0.241. The molecule has 0 N–H and O–H groups in total. The Hall–Kier alpha value is -1.21. The van der Waals surface area contributed by atoms with E-state index in [9.17, 15) is 0 Å². The summed E-state index contributed by atoms with van der Waals surface area (Å²) in [6.07, 6.45) is 7.80. The average molecular weight is 466 g/mol. The van der Waals surface area contributed by atoms with Crippen LogP contribution in [0.3, 0.4) is 0 Å². The first kappa shape index (κ1) is 28.0. The summed E-state index contributed by atoms with van der Waals surface area (Å²) in [4.78, 5) is 4.70. The van der Waals surface area contributed by atoms with Crippen molar-refractivity contribution >= 4 is 0 Å². The van der Waals surface area contributed by atoms with Crippen molar-refractivity contribution in [3.05, 3.63) is 23.4 Å². The number of unbranched alkanes of at least 4 members (excludes halogenated alkanes) is 4. The van der Waals surface area contributed by atoms with Crippen LogP contribution in [-0.4, -0.2) is 56.3 Å². The molecule has 2 rings (SSSR count). The molecule has 190 valence electrons. The number of hydrogen-bond donors (Lipinski definition) is 0. The van der Waals surface area contributed by atoms with Crippen LogP contribution >= 0.6 is 0 Å². The number of hydrogen-bond acceptors (Lipinski definition) is 6. The number of rotatable bonds is 18. The van der Waals surface area contributed by atoms with Gasteiger partial charge in [0.1, 0.15) is 24.4 Å². The van der Waals surface area contributed by atoms with Gasteiger partial charge in [0.05, 0.1) is 13.2 Å². The third-order valence-corrected chi connectivity index (χ3v) is 6.01. The fourth-order valence-corrected chi connectivity index (χ4v) is 3.92. The third-order valence-electron chi connectivity index (χ3n) is 6.01. The maximum atomic E-state index is 6.58. The minimum Gasteiger partial charge on any atom is -0.478 e. The van der Waals surface area contributed by atoms with Crippen LogP contribution in [-0.2, 0) is 18.9 Å². The molecular weight excluding hydrogens is 418 g/mol. The number of aryl methyl sites for hydroxylation is 1. The Morgan fingerprint density at radius 2 is 1.39 bits per heavy atom. The fourth-order valence-electron chi connectivity index (χ4n) is 3.92. The van der Waals surface area contributed by atoms with Crippen molar-refractivity contribution in [1.82, 2.24) is 4.98 Å². The summed E-state index contributed by atoms with van der Waals surface area (Å²) in [6, 6.07) is 4.02. The lowest BCUT2D eigenvalue weighted by atomic mass is 10.00. The first-order chi connectivity index (χ1) is 16.2. The number of aromatic nitrogens is 1. The largest absolute Gasteiger partial charge is 0.478 e. The minimum absolute atomic E-state index is 0.153. The summed E-state index contributed by atoms with van der Waals surface area (Å²) < 4.78 is 31.1. The van der Waals surface area contributed by atoms with Gasteiger partial charge in [-0.15, -0.1) is 0 Å². The zero-order valence-electron chi connectivity index (χ0n) is 21.6. The van der Waals surface area contributed by atoms with Gasteiger partial charge in [-0.25, -0.2) is 4.98 Å². The van der Waals surface area contributed by atoms with Gasteiger partial charge in [-0.05, 0) is 38.7 Å². The van der Waals surface area contributed by atoms with Gasteiger partial charge in [0, 0.05) is 37.1 Å². The van der Waals surface area contributed by atoms with Gasteiger partial charge in [-0.2, -0.15) is 0 Å². The van der Waals surface area contributed by atoms with Crippen molar-refractivity contribution in [2.75, 3.05) is 33.0 Å². The van der Waals surface area contributed by atoms with Gasteiger partial charge in [0.25, 0.3) is 0 Å². The SMILES string of the molecule is CCCCOC[C@H]1O[C@@H](c2ccc(OCCCC)nc2C)C(OCCCC)[C@H]1OCCCC. The van der Waals surface area contributed by atoms with Crippen LogP contribution in [0.25, 0.3) is 0 Å². The molecule has 0 spiro atoms. The third kappa shape index (κ3) is 9.16. The summed E-state index contributed by atoms with van der Waals surface area (Å²) in [7, 11) is 0. The van der Waals surface area contributed by atoms with Crippen LogP contribution in [0.5, 0.6) is 5.88 Å². The predicted octanol–water partition coefficient (Wildman–Crippen LogP) is 6.20. The smallest absolute Gasteiger partial charge is 0.213 e. The van der Waals surface area contributed by atoms with Crippen molar-refractivity contribution in [3.8, 4) is 5.88 Å². The van der Waals surface area contributed by atoms with Crippen LogP contribution in [0.2, 0.25) is 0 Å². The molecule has 0 aliphatic carbocycles. The Morgan fingerprint density at radius 3 is 2.03 bits per heavy atom. The lowest BCUT2D eigenvalue weighted by molar-refractivity contribution is -0.0795. The molecule has 1 aromatic rings. The number of pyridine rings is 1. The van der Waals surface area contributed by atoms with Gasteiger partial charge < -0.3 is 23.7 Å². The van der Waals surface area contributed by atoms with Crippen molar-refractivity contribution < 1.29 is 23.7 Å². The topological polar surface area (TPSA) is 59.0 Å². The average Bonchev–Trinajstić information content (AvgIpc) is 3.14. The van der Waals surface area contributed by atoms with E-state index in [0.29, 0.717) is 32.3 Å². The Bertz CT molecular complexity index is 641. The summed E-state index contributed by atoms with van der Waals surface area (Å²) in [5.41, 5.74) is 1.96. The summed E-state index contributed by atoms with van der Waals surface area (Å²) in [6.45, 7) is 14.1. The van der Waals surface area contributed by atoms with E-state index in [0.717, 1.165) is 69.2 Å². The van der Waals surface area contributed by atoms with E-state index in [-0.39, 0.29) is 24.4 Å². The molecule has 6 nitrogen and oxygen atoms in total. The van der Waals surface area contributed by atoms with Crippen LogP contribution in [0.4, 0.5) is 0 Å². The molecule has 0 amide bonds. The molecule has 1 unspecified atom stereocenters. The second-order valence-corrected chi connectivity index (χ2v) is 8.93.